The van der Waals surface area contributed by atoms with Gasteiger partial charge in [0.05, 0.1) is 5.88 Å². The van der Waals surface area contributed by atoms with E-state index >= 15 is 0 Å². The quantitative estimate of drug-likeness (QED) is 0.749. The summed E-state index contributed by atoms with van der Waals surface area (Å²) < 4.78 is 28.5. The standard InChI is InChI=1S/C11H11ClF2O2/c1-7-2-3-10(16-11(13)14)8(4-7)5-9(15)6-12/h2-4,11H,5-6H2,1H3. The second-order valence-corrected chi connectivity index (χ2v) is 3.61. The Bertz CT molecular complexity index is 380. The first-order chi connectivity index (χ1) is 7.52. The van der Waals surface area contributed by atoms with Gasteiger partial charge in [0.2, 0.25) is 0 Å². The van der Waals surface area contributed by atoms with Gasteiger partial charge in [0.1, 0.15) is 5.75 Å². The van der Waals surface area contributed by atoms with Gasteiger partial charge in [-0.1, -0.05) is 17.7 Å². The molecule has 0 spiro atoms. The lowest BCUT2D eigenvalue weighted by atomic mass is 10.1. The topological polar surface area (TPSA) is 26.3 Å². The minimum Gasteiger partial charge on any atom is -0.435 e. The number of carbonyl (C=O) groups is 1. The molecule has 0 unspecified atom stereocenters. The number of benzene rings is 1. The highest BCUT2D eigenvalue weighted by molar-refractivity contribution is 6.27. The van der Waals surface area contributed by atoms with Gasteiger partial charge in [0.25, 0.3) is 0 Å². The molecule has 2 nitrogen and oxygen atoms in total. The molecule has 1 rings (SSSR count). The predicted octanol–water partition coefficient (Wildman–Crippen LogP) is 2.95. The van der Waals surface area contributed by atoms with Gasteiger partial charge in [-0.3, -0.25) is 4.79 Å². The van der Waals surface area contributed by atoms with Crippen molar-refractivity contribution in [1.82, 2.24) is 0 Å². The van der Waals surface area contributed by atoms with E-state index in [0.717, 1.165) is 5.56 Å². The molecule has 0 radical (unpaired) electrons. The average Bonchev–Trinajstić information content (AvgIpc) is 2.21. The van der Waals surface area contributed by atoms with E-state index in [4.69, 9.17) is 11.6 Å². The van der Waals surface area contributed by atoms with Crippen molar-refractivity contribution in [2.75, 3.05) is 5.88 Å². The molecule has 0 fully saturated rings. The summed E-state index contributed by atoms with van der Waals surface area (Å²) in [5, 5.41) is 0. The maximum atomic E-state index is 12.1. The molecule has 0 aliphatic rings. The third-order valence-electron chi connectivity index (χ3n) is 1.97. The Balaban J connectivity index is 2.93. The van der Waals surface area contributed by atoms with Crippen molar-refractivity contribution in [1.29, 1.82) is 0 Å². The Morgan fingerprint density at radius 1 is 1.50 bits per heavy atom. The van der Waals surface area contributed by atoms with Crippen LogP contribution in [0.4, 0.5) is 8.78 Å². The van der Waals surface area contributed by atoms with E-state index in [-0.39, 0.29) is 23.8 Å². The van der Waals surface area contributed by atoms with Gasteiger partial charge in [-0.25, -0.2) is 0 Å². The number of Topliss-reactive ketones (excluding diaryl/α,β-unsaturated/α-hetero) is 1. The van der Waals surface area contributed by atoms with Crippen LogP contribution in [0, 0.1) is 6.92 Å². The van der Waals surface area contributed by atoms with E-state index in [1.165, 1.54) is 6.07 Å². The predicted molar refractivity (Wildman–Crippen MR) is 57.2 cm³/mol. The van der Waals surface area contributed by atoms with Gasteiger partial charge in [-0.05, 0) is 13.0 Å². The second-order valence-electron chi connectivity index (χ2n) is 3.34. The van der Waals surface area contributed by atoms with E-state index in [2.05, 4.69) is 4.74 Å². The number of aryl methyl sites for hydroxylation is 1. The number of carbonyl (C=O) groups excluding carboxylic acids is 1. The summed E-state index contributed by atoms with van der Waals surface area (Å²) in [6.45, 7) is -1.09. The molecule has 0 aliphatic carbocycles. The zero-order chi connectivity index (χ0) is 12.1. The molecule has 0 aliphatic heterocycles. The van der Waals surface area contributed by atoms with Crippen molar-refractivity contribution in [2.24, 2.45) is 0 Å². The van der Waals surface area contributed by atoms with Crippen LogP contribution in [0.2, 0.25) is 0 Å². The van der Waals surface area contributed by atoms with E-state index in [1.807, 2.05) is 0 Å². The third-order valence-corrected chi connectivity index (χ3v) is 2.27. The molecule has 1 aromatic rings. The molecule has 0 bridgehead atoms. The number of hydrogen-bond acceptors (Lipinski definition) is 2. The molecule has 0 heterocycles. The molecule has 88 valence electrons. The number of ether oxygens (including phenoxy) is 1. The van der Waals surface area contributed by atoms with Crippen LogP contribution < -0.4 is 4.74 Å². The molecular weight excluding hydrogens is 238 g/mol. The van der Waals surface area contributed by atoms with Crippen LogP contribution in [0.5, 0.6) is 5.75 Å². The fraction of sp³-hybridized carbons (Fsp3) is 0.364. The van der Waals surface area contributed by atoms with Gasteiger partial charge >= 0.3 is 6.61 Å². The van der Waals surface area contributed by atoms with Crippen molar-refractivity contribution in [3.05, 3.63) is 29.3 Å². The normalized spacial score (nSPS) is 10.6. The molecule has 16 heavy (non-hydrogen) atoms. The van der Waals surface area contributed by atoms with Crippen LogP contribution in [0.3, 0.4) is 0 Å². The molecule has 0 aromatic heterocycles. The first kappa shape index (κ1) is 12.9. The maximum Gasteiger partial charge on any atom is 0.387 e. The molecular formula is C11H11ClF2O2. The van der Waals surface area contributed by atoms with E-state index in [0.29, 0.717) is 5.56 Å². The lowest BCUT2D eigenvalue weighted by Crippen LogP contribution is -2.09. The zero-order valence-electron chi connectivity index (χ0n) is 8.67. The van der Waals surface area contributed by atoms with Gasteiger partial charge in [0, 0.05) is 12.0 Å². The highest BCUT2D eigenvalue weighted by atomic mass is 35.5. The lowest BCUT2D eigenvalue weighted by molar-refractivity contribution is -0.116. The minimum atomic E-state index is -2.90. The third kappa shape index (κ3) is 3.77. The minimum absolute atomic E-state index is 0.00718. The van der Waals surface area contributed by atoms with Crippen LogP contribution >= 0.6 is 11.6 Å². The first-order valence-electron chi connectivity index (χ1n) is 4.65. The summed E-state index contributed by atoms with van der Waals surface area (Å²) in [7, 11) is 0. The molecule has 0 atom stereocenters. The van der Waals surface area contributed by atoms with E-state index < -0.39 is 6.61 Å². The molecule has 1 aromatic carbocycles. The molecule has 0 saturated carbocycles. The Morgan fingerprint density at radius 2 is 2.19 bits per heavy atom. The lowest BCUT2D eigenvalue weighted by Gasteiger charge is -2.10. The Kier molecular flexibility index (Phi) is 4.68. The van der Waals surface area contributed by atoms with E-state index in [9.17, 15) is 13.6 Å². The number of hydrogen-bond donors (Lipinski definition) is 0. The van der Waals surface area contributed by atoms with Crippen molar-refractivity contribution < 1.29 is 18.3 Å². The van der Waals surface area contributed by atoms with Gasteiger partial charge in [-0.15, -0.1) is 11.6 Å². The van der Waals surface area contributed by atoms with Crippen LogP contribution in [0.15, 0.2) is 18.2 Å². The fourth-order valence-corrected chi connectivity index (χ4v) is 1.41. The van der Waals surface area contributed by atoms with E-state index in [1.54, 1.807) is 19.1 Å². The monoisotopic (exact) mass is 248 g/mol. The van der Waals surface area contributed by atoms with Crippen LogP contribution in [0.25, 0.3) is 0 Å². The Hall–Kier alpha value is -1.16. The van der Waals surface area contributed by atoms with Gasteiger partial charge in [0.15, 0.2) is 5.78 Å². The highest BCUT2D eigenvalue weighted by Crippen LogP contribution is 2.22. The summed E-state index contributed by atoms with van der Waals surface area (Å²) >= 11 is 5.36. The van der Waals surface area contributed by atoms with Crippen molar-refractivity contribution in [3.63, 3.8) is 0 Å². The maximum absolute atomic E-state index is 12.1. The summed E-state index contributed by atoms with van der Waals surface area (Å²) in [4.78, 5) is 11.2. The highest BCUT2D eigenvalue weighted by Gasteiger charge is 2.12. The second kappa shape index (κ2) is 5.80. The molecule has 5 heteroatoms. The molecule has 0 saturated heterocycles. The van der Waals surface area contributed by atoms with Crippen LogP contribution in [-0.4, -0.2) is 18.3 Å². The van der Waals surface area contributed by atoms with Crippen molar-refractivity contribution >= 4 is 17.4 Å². The molecule has 0 N–H and O–H groups in total. The van der Waals surface area contributed by atoms with Gasteiger partial charge < -0.3 is 4.74 Å². The SMILES string of the molecule is Cc1ccc(OC(F)F)c(CC(=O)CCl)c1. The number of ketones is 1. The summed E-state index contributed by atoms with van der Waals surface area (Å²) in [5.41, 5.74) is 1.31. The summed E-state index contributed by atoms with van der Waals surface area (Å²) in [6.07, 6.45) is 0.00718. The first-order valence-corrected chi connectivity index (χ1v) is 5.18. The summed E-state index contributed by atoms with van der Waals surface area (Å²) in [5.74, 6) is -0.340. The Morgan fingerprint density at radius 3 is 2.75 bits per heavy atom. The zero-order valence-corrected chi connectivity index (χ0v) is 9.43. The number of alkyl halides is 3. The largest absolute Gasteiger partial charge is 0.435 e. The Labute approximate surface area is 97.2 Å². The summed E-state index contributed by atoms with van der Waals surface area (Å²) in [6, 6.07) is 4.72. The fourth-order valence-electron chi connectivity index (χ4n) is 1.32. The van der Waals surface area contributed by atoms with Crippen molar-refractivity contribution in [2.45, 2.75) is 20.0 Å². The van der Waals surface area contributed by atoms with Crippen molar-refractivity contribution in [3.8, 4) is 5.75 Å². The van der Waals surface area contributed by atoms with Gasteiger partial charge in [-0.2, -0.15) is 8.78 Å². The number of rotatable bonds is 5. The number of halogens is 3. The average molecular weight is 249 g/mol. The van der Waals surface area contributed by atoms with Crippen LogP contribution in [-0.2, 0) is 11.2 Å². The molecule has 0 amide bonds. The van der Waals surface area contributed by atoms with Crippen LogP contribution in [0.1, 0.15) is 11.1 Å². The smallest absolute Gasteiger partial charge is 0.387 e.